The Morgan fingerprint density at radius 1 is 1.37 bits per heavy atom. The van der Waals surface area contributed by atoms with E-state index in [1.165, 1.54) is 18.3 Å². The van der Waals surface area contributed by atoms with E-state index in [-0.39, 0.29) is 10.8 Å². The molecule has 1 aromatic heterocycles. The van der Waals surface area contributed by atoms with Crippen molar-refractivity contribution in [3.8, 4) is 6.07 Å². The SMILES string of the molecule is CCN(c1ccccc1F)c1nccc(C#N)c1Cl. The molecule has 2 aromatic rings. The summed E-state index contributed by atoms with van der Waals surface area (Å²) in [7, 11) is 0. The Bertz CT molecular complexity index is 637. The van der Waals surface area contributed by atoms with Gasteiger partial charge in [-0.05, 0) is 25.1 Å². The predicted molar refractivity (Wildman–Crippen MR) is 73.0 cm³/mol. The zero-order valence-corrected chi connectivity index (χ0v) is 11.0. The second-order valence-electron chi connectivity index (χ2n) is 3.80. The van der Waals surface area contributed by atoms with Crippen LogP contribution in [0.2, 0.25) is 5.02 Å². The summed E-state index contributed by atoms with van der Waals surface area (Å²) in [5.41, 5.74) is 0.705. The van der Waals surface area contributed by atoms with E-state index in [0.717, 1.165) is 0 Å². The molecule has 0 spiro atoms. The maximum Gasteiger partial charge on any atom is 0.153 e. The Morgan fingerprint density at radius 3 is 2.74 bits per heavy atom. The van der Waals surface area contributed by atoms with Gasteiger partial charge in [0.25, 0.3) is 0 Å². The van der Waals surface area contributed by atoms with Crippen molar-refractivity contribution in [2.24, 2.45) is 0 Å². The second-order valence-corrected chi connectivity index (χ2v) is 4.18. The summed E-state index contributed by atoms with van der Waals surface area (Å²) in [6.07, 6.45) is 1.49. The number of anilines is 2. The highest BCUT2D eigenvalue weighted by molar-refractivity contribution is 6.34. The fraction of sp³-hybridized carbons (Fsp3) is 0.143. The average molecular weight is 276 g/mol. The van der Waals surface area contributed by atoms with Crippen LogP contribution in [0.5, 0.6) is 0 Å². The molecular formula is C14H11ClFN3. The van der Waals surface area contributed by atoms with E-state index in [9.17, 15) is 4.39 Å². The van der Waals surface area contributed by atoms with E-state index in [1.807, 2.05) is 13.0 Å². The molecule has 0 amide bonds. The molecule has 0 atom stereocenters. The molecular weight excluding hydrogens is 265 g/mol. The van der Waals surface area contributed by atoms with Gasteiger partial charge in [0.05, 0.1) is 11.3 Å². The van der Waals surface area contributed by atoms with Crippen molar-refractivity contribution in [3.05, 3.63) is 52.9 Å². The van der Waals surface area contributed by atoms with Crippen molar-refractivity contribution < 1.29 is 4.39 Å². The summed E-state index contributed by atoms with van der Waals surface area (Å²) in [6.45, 7) is 2.35. The molecule has 5 heteroatoms. The van der Waals surface area contributed by atoms with Gasteiger partial charge in [0.2, 0.25) is 0 Å². The van der Waals surface area contributed by atoms with Crippen molar-refractivity contribution in [2.45, 2.75) is 6.92 Å². The van der Waals surface area contributed by atoms with Crippen LogP contribution in [0.15, 0.2) is 36.5 Å². The summed E-state index contributed by atoms with van der Waals surface area (Å²) in [6, 6.07) is 9.90. The lowest BCUT2D eigenvalue weighted by Crippen LogP contribution is -2.19. The Balaban J connectivity index is 2.56. The van der Waals surface area contributed by atoms with E-state index in [2.05, 4.69) is 4.98 Å². The predicted octanol–water partition coefficient (Wildman–Crippen LogP) is 3.90. The molecule has 1 heterocycles. The van der Waals surface area contributed by atoms with Gasteiger partial charge < -0.3 is 4.90 Å². The van der Waals surface area contributed by atoms with E-state index < -0.39 is 0 Å². The first-order valence-corrected chi connectivity index (χ1v) is 6.13. The highest BCUT2D eigenvalue weighted by Crippen LogP contribution is 2.32. The number of nitriles is 1. The first kappa shape index (κ1) is 13.3. The summed E-state index contributed by atoms with van der Waals surface area (Å²) in [5, 5.41) is 9.20. The highest BCUT2D eigenvalue weighted by atomic mass is 35.5. The molecule has 1 aromatic carbocycles. The molecule has 19 heavy (non-hydrogen) atoms. The third kappa shape index (κ3) is 2.51. The van der Waals surface area contributed by atoms with E-state index in [0.29, 0.717) is 23.6 Å². The standard InChI is InChI=1S/C14H11ClFN3/c1-2-19(12-6-4-3-5-11(12)16)14-13(15)10(9-17)7-8-18-14/h3-8H,2H2,1H3. The molecule has 0 aliphatic rings. The Morgan fingerprint density at radius 2 is 2.11 bits per heavy atom. The lowest BCUT2D eigenvalue weighted by molar-refractivity contribution is 0.625. The van der Waals surface area contributed by atoms with Crippen LogP contribution in [0, 0.1) is 17.1 Å². The number of hydrogen-bond donors (Lipinski definition) is 0. The molecule has 3 nitrogen and oxygen atoms in total. The normalized spacial score (nSPS) is 10.0. The van der Waals surface area contributed by atoms with Crippen molar-refractivity contribution in [3.63, 3.8) is 0 Å². The van der Waals surface area contributed by atoms with Crippen molar-refractivity contribution in [2.75, 3.05) is 11.4 Å². The van der Waals surface area contributed by atoms with Crippen LogP contribution in [-0.2, 0) is 0 Å². The minimum atomic E-state index is -0.357. The third-order valence-corrected chi connectivity index (χ3v) is 3.08. The van der Waals surface area contributed by atoms with Gasteiger partial charge in [0.15, 0.2) is 5.82 Å². The lowest BCUT2D eigenvalue weighted by Gasteiger charge is -2.23. The summed E-state index contributed by atoms with van der Waals surface area (Å²) in [5.74, 6) is 0.0258. The molecule has 2 rings (SSSR count). The van der Waals surface area contributed by atoms with Crippen LogP contribution in [0.1, 0.15) is 12.5 Å². The second kappa shape index (κ2) is 5.68. The van der Waals surface area contributed by atoms with Crippen molar-refractivity contribution in [1.29, 1.82) is 5.26 Å². The smallest absolute Gasteiger partial charge is 0.153 e. The van der Waals surface area contributed by atoms with Gasteiger partial charge in [-0.1, -0.05) is 23.7 Å². The van der Waals surface area contributed by atoms with Crippen LogP contribution < -0.4 is 4.90 Å². The fourth-order valence-corrected chi connectivity index (χ4v) is 2.07. The molecule has 0 aliphatic carbocycles. The Labute approximate surface area is 115 Å². The van der Waals surface area contributed by atoms with Crippen LogP contribution >= 0.6 is 11.6 Å². The molecule has 0 bridgehead atoms. The lowest BCUT2D eigenvalue weighted by atomic mass is 10.2. The molecule has 0 fully saturated rings. The first-order chi connectivity index (χ1) is 9.19. The van der Waals surface area contributed by atoms with Crippen LogP contribution in [0.25, 0.3) is 0 Å². The van der Waals surface area contributed by atoms with Crippen LogP contribution in [0.3, 0.4) is 0 Å². The number of pyridine rings is 1. The number of rotatable bonds is 3. The highest BCUT2D eigenvalue weighted by Gasteiger charge is 2.17. The van der Waals surface area contributed by atoms with Gasteiger partial charge in [-0.25, -0.2) is 9.37 Å². The molecule has 0 saturated heterocycles. The first-order valence-electron chi connectivity index (χ1n) is 5.75. The van der Waals surface area contributed by atoms with E-state index in [1.54, 1.807) is 23.1 Å². The maximum absolute atomic E-state index is 13.8. The van der Waals surface area contributed by atoms with Crippen molar-refractivity contribution in [1.82, 2.24) is 4.98 Å². The van der Waals surface area contributed by atoms with Crippen molar-refractivity contribution >= 4 is 23.1 Å². The minimum Gasteiger partial charge on any atom is -0.323 e. The monoisotopic (exact) mass is 275 g/mol. The minimum absolute atomic E-state index is 0.232. The number of aromatic nitrogens is 1. The average Bonchev–Trinajstić information content (AvgIpc) is 2.43. The number of para-hydroxylation sites is 1. The van der Waals surface area contributed by atoms with Gasteiger partial charge in [-0.3, -0.25) is 0 Å². The van der Waals surface area contributed by atoms with Gasteiger partial charge in [0, 0.05) is 12.7 Å². The zero-order chi connectivity index (χ0) is 13.8. The van der Waals surface area contributed by atoms with Gasteiger partial charge in [0.1, 0.15) is 16.9 Å². The molecule has 0 unspecified atom stereocenters. The third-order valence-electron chi connectivity index (χ3n) is 2.71. The molecule has 0 aliphatic heterocycles. The van der Waals surface area contributed by atoms with E-state index in [4.69, 9.17) is 16.9 Å². The fourth-order valence-electron chi connectivity index (χ4n) is 1.81. The van der Waals surface area contributed by atoms with Crippen LogP contribution in [0.4, 0.5) is 15.9 Å². The van der Waals surface area contributed by atoms with Crippen LogP contribution in [-0.4, -0.2) is 11.5 Å². The number of nitrogens with zero attached hydrogens (tertiary/aromatic N) is 3. The van der Waals surface area contributed by atoms with E-state index >= 15 is 0 Å². The maximum atomic E-state index is 13.8. The quantitative estimate of drug-likeness (QED) is 0.853. The number of benzene rings is 1. The topological polar surface area (TPSA) is 39.9 Å². The summed E-state index contributed by atoms with van der Waals surface area (Å²) < 4.78 is 13.8. The Kier molecular flexibility index (Phi) is 3.98. The van der Waals surface area contributed by atoms with Gasteiger partial charge in [-0.2, -0.15) is 5.26 Å². The molecule has 0 saturated carbocycles. The zero-order valence-electron chi connectivity index (χ0n) is 10.3. The number of halogens is 2. The Hall–Kier alpha value is -2.12. The largest absolute Gasteiger partial charge is 0.323 e. The van der Waals surface area contributed by atoms with Gasteiger partial charge >= 0.3 is 0 Å². The number of hydrogen-bond acceptors (Lipinski definition) is 3. The van der Waals surface area contributed by atoms with Gasteiger partial charge in [-0.15, -0.1) is 0 Å². The molecule has 96 valence electrons. The summed E-state index contributed by atoms with van der Waals surface area (Å²) in [4.78, 5) is 5.79. The molecule has 0 N–H and O–H groups in total. The summed E-state index contributed by atoms with van der Waals surface area (Å²) >= 11 is 6.14. The molecule has 0 radical (unpaired) electrons.